The number of esters is 1. The highest BCUT2D eigenvalue weighted by atomic mass is 79.9. The number of methoxy groups -OCH3 is 1. The summed E-state index contributed by atoms with van der Waals surface area (Å²) in [6.45, 7) is 0. The third-order valence-corrected chi connectivity index (χ3v) is 3.94. The number of carbonyl (C=O) groups is 1. The highest BCUT2D eigenvalue weighted by molar-refractivity contribution is 9.10. The van der Waals surface area contributed by atoms with Gasteiger partial charge in [0.15, 0.2) is 0 Å². The molecule has 0 aliphatic rings. The molecule has 0 saturated carbocycles. The summed E-state index contributed by atoms with van der Waals surface area (Å²) >= 11 is 3.47. The van der Waals surface area contributed by atoms with Gasteiger partial charge >= 0.3 is 5.97 Å². The van der Waals surface area contributed by atoms with Crippen LogP contribution in [0.3, 0.4) is 0 Å². The second kappa shape index (κ2) is 5.70. The van der Waals surface area contributed by atoms with E-state index in [2.05, 4.69) is 40.2 Å². The van der Waals surface area contributed by atoms with Crippen LogP contribution < -0.4 is 0 Å². The first-order valence-electron chi connectivity index (χ1n) is 6.56. The van der Waals surface area contributed by atoms with Crippen molar-refractivity contribution in [3.8, 4) is 11.1 Å². The van der Waals surface area contributed by atoms with Crippen LogP contribution in [0.4, 0.5) is 0 Å². The highest BCUT2D eigenvalue weighted by Crippen LogP contribution is 2.29. The molecule has 3 aromatic rings. The quantitative estimate of drug-likeness (QED) is 0.609. The molecule has 104 valence electrons. The lowest BCUT2D eigenvalue weighted by atomic mass is 9.97. The van der Waals surface area contributed by atoms with Gasteiger partial charge in [-0.05, 0) is 46.2 Å². The normalized spacial score (nSPS) is 10.6. The average Bonchev–Trinajstić information content (AvgIpc) is 2.53. The van der Waals surface area contributed by atoms with Gasteiger partial charge in [0.05, 0.1) is 12.7 Å². The van der Waals surface area contributed by atoms with Gasteiger partial charge in [-0.25, -0.2) is 4.79 Å². The van der Waals surface area contributed by atoms with Crippen molar-refractivity contribution in [1.82, 2.24) is 0 Å². The van der Waals surface area contributed by atoms with E-state index in [0.29, 0.717) is 5.56 Å². The number of ether oxygens (including phenoxy) is 1. The van der Waals surface area contributed by atoms with Crippen LogP contribution in [0.15, 0.2) is 65.1 Å². The maximum Gasteiger partial charge on any atom is 0.338 e. The Kier molecular flexibility index (Phi) is 3.76. The van der Waals surface area contributed by atoms with Gasteiger partial charge in [0.1, 0.15) is 0 Å². The van der Waals surface area contributed by atoms with Gasteiger partial charge in [0, 0.05) is 4.47 Å². The minimum absolute atomic E-state index is 0.318. The summed E-state index contributed by atoms with van der Waals surface area (Å²) in [7, 11) is 1.40. The largest absolute Gasteiger partial charge is 0.465 e. The van der Waals surface area contributed by atoms with Gasteiger partial charge in [-0.3, -0.25) is 0 Å². The van der Waals surface area contributed by atoms with Gasteiger partial charge in [0.2, 0.25) is 0 Å². The Morgan fingerprint density at radius 2 is 1.67 bits per heavy atom. The van der Waals surface area contributed by atoms with Crippen LogP contribution in [-0.2, 0) is 4.74 Å². The molecule has 3 rings (SSSR count). The molecular weight excluding hydrogens is 328 g/mol. The number of hydrogen-bond acceptors (Lipinski definition) is 2. The topological polar surface area (TPSA) is 26.3 Å². The Morgan fingerprint density at radius 3 is 2.48 bits per heavy atom. The van der Waals surface area contributed by atoms with Crippen LogP contribution in [0.5, 0.6) is 0 Å². The second-order valence-corrected chi connectivity index (χ2v) is 5.66. The van der Waals surface area contributed by atoms with E-state index in [0.717, 1.165) is 26.4 Å². The number of benzene rings is 3. The molecular formula is C18H13BrO2. The SMILES string of the molecule is COC(=O)c1ccccc1-c1ccc2cc(Br)ccc2c1. The zero-order valence-corrected chi connectivity index (χ0v) is 13.1. The highest BCUT2D eigenvalue weighted by Gasteiger charge is 2.12. The lowest BCUT2D eigenvalue weighted by molar-refractivity contribution is 0.0601. The smallest absolute Gasteiger partial charge is 0.338 e. The Morgan fingerprint density at radius 1 is 0.952 bits per heavy atom. The zero-order valence-electron chi connectivity index (χ0n) is 11.5. The van der Waals surface area contributed by atoms with E-state index in [1.165, 1.54) is 7.11 Å². The molecule has 0 bridgehead atoms. The fourth-order valence-electron chi connectivity index (χ4n) is 2.41. The summed E-state index contributed by atoms with van der Waals surface area (Å²) < 4.78 is 5.91. The summed E-state index contributed by atoms with van der Waals surface area (Å²) in [5, 5.41) is 2.29. The molecule has 3 heteroatoms. The Labute approximate surface area is 131 Å². The van der Waals surface area contributed by atoms with Crippen molar-refractivity contribution in [3.63, 3.8) is 0 Å². The minimum Gasteiger partial charge on any atom is -0.465 e. The van der Waals surface area contributed by atoms with E-state index >= 15 is 0 Å². The fraction of sp³-hybridized carbons (Fsp3) is 0.0556. The molecule has 0 atom stereocenters. The van der Waals surface area contributed by atoms with E-state index < -0.39 is 0 Å². The van der Waals surface area contributed by atoms with E-state index in [9.17, 15) is 4.79 Å². The average molecular weight is 341 g/mol. The predicted molar refractivity (Wildman–Crippen MR) is 88.4 cm³/mol. The molecule has 0 aliphatic carbocycles. The first-order valence-corrected chi connectivity index (χ1v) is 7.35. The molecule has 0 aromatic heterocycles. The maximum atomic E-state index is 11.9. The summed E-state index contributed by atoms with van der Waals surface area (Å²) in [4.78, 5) is 11.9. The van der Waals surface area contributed by atoms with Crippen molar-refractivity contribution < 1.29 is 9.53 Å². The lowest BCUT2D eigenvalue weighted by Gasteiger charge is -2.09. The second-order valence-electron chi connectivity index (χ2n) is 4.74. The van der Waals surface area contributed by atoms with Gasteiger partial charge in [-0.2, -0.15) is 0 Å². The van der Waals surface area contributed by atoms with Gasteiger partial charge in [0.25, 0.3) is 0 Å². The lowest BCUT2D eigenvalue weighted by Crippen LogP contribution is -2.03. The Hall–Kier alpha value is -2.13. The number of hydrogen-bond donors (Lipinski definition) is 0. The molecule has 0 unspecified atom stereocenters. The molecule has 0 amide bonds. The van der Waals surface area contributed by atoms with Gasteiger partial charge in [-0.1, -0.05) is 52.3 Å². The van der Waals surface area contributed by atoms with Crippen LogP contribution in [0.2, 0.25) is 0 Å². The van der Waals surface area contributed by atoms with Crippen molar-refractivity contribution in [1.29, 1.82) is 0 Å². The van der Waals surface area contributed by atoms with E-state index in [1.54, 1.807) is 6.07 Å². The molecule has 0 radical (unpaired) electrons. The van der Waals surface area contributed by atoms with E-state index in [-0.39, 0.29) is 5.97 Å². The van der Waals surface area contributed by atoms with E-state index in [1.807, 2.05) is 30.3 Å². The van der Waals surface area contributed by atoms with Crippen molar-refractivity contribution in [3.05, 3.63) is 70.7 Å². The summed E-state index contributed by atoms with van der Waals surface area (Å²) in [5.74, 6) is -0.318. The molecule has 0 N–H and O–H groups in total. The standard InChI is InChI=1S/C18H13BrO2/c1-21-18(20)17-5-3-2-4-16(17)14-7-6-13-11-15(19)9-8-12(13)10-14/h2-11H,1H3. The molecule has 21 heavy (non-hydrogen) atoms. The monoisotopic (exact) mass is 340 g/mol. The number of carbonyl (C=O) groups excluding carboxylic acids is 1. The van der Waals surface area contributed by atoms with Crippen molar-refractivity contribution in [2.24, 2.45) is 0 Å². The number of fused-ring (bicyclic) bond motifs is 1. The first-order chi connectivity index (χ1) is 10.2. The van der Waals surface area contributed by atoms with Crippen LogP contribution in [-0.4, -0.2) is 13.1 Å². The van der Waals surface area contributed by atoms with Gasteiger partial charge < -0.3 is 4.74 Å². The molecule has 0 aliphatic heterocycles. The maximum absolute atomic E-state index is 11.9. The predicted octanol–water partition coefficient (Wildman–Crippen LogP) is 5.06. The molecule has 3 aromatic carbocycles. The third kappa shape index (κ3) is 2.69. The molecule has 0 spiro atoms. The zero-order chi connectivity index (χ0) is 14.8. The Balaban J connectivity index is 2.17. The Bertz CT molecular complexity index is 824. The van der Waals surface area contributed by atoms with Crippen molar-refractivity contribution in [2.45, 2.75) is 0 Å². The first kappa shape index (κ1) is 13.8. The minimum atomic E-state index is -0.318. The summed E-state index contributed by atoms with van der Waals surface area (Å²) in [6, 6.07) is 19.8. The van der Waals surface area contributed by atoms with Crippen LogP contribution in [0.25, 0.3) is 21.9 Å². The van der Waals surface area contributed by atoms with Crippen LogP contribution in [0, 0.1) is 0 Å². The molecule has 0 heterocycles. The molecule has 0 saturated heterocycles. The molecule has 0 fully saturated rings. The van der Waals surface area contributed by atoms with Crippen molar-refractivity contribution in [2.75, 3.05) is 7.11 Å². The molecule has 2 nitrogen and oxygen atoms in total. The summed E-state index contributed by atoms with van der Waals surface area (Å²) in [5.41, 5.74) is 2.47. The van der Waals surface area contributed by atoms with Crippen molar-refractivity contribution >= 4 is 32.7 Å². The van der Waals surface area contributed by atoms with Crippen LogP contribution >= 0.6 is 15.9 Å². The number of halogens is 1. The summed E-state index contributed by atoms with van der Waals surface area (Å²) in [6.07, 6.45) is 0. The fourth-order valence-corrected chi connectivity index (χ4v) is 2.79. The third-order valence-electron chi connectivity index (χ3n) is 3.45. The van der Waals surface area contributed by atoms with Crippen LogP contribution in [0.1, 0.15) is 10.4 Å². The number of rotatable bonds is 2. The van der Waals surface area contributed by atoms with E-state index in [4.69, 9.17) is 4.74 Å². The van der Waals surface area contributed by atoms with Gasteiger partial charge in [-0.15, -0.1) is 0 Å².